The van der Waals surface area contributed by atoms with Gasteiger partial charge in [-0.25, -0.2) is 0 Å². The average Bonchev–Trinajstić information content (AvgIpc) is 2.65. The first-order valence-electron chi connectivity index (χ1n) is 6.77. The molecule has 2 rings (SSSR count). The monoisotopic (exact) mass is 204 g/mol. The second kappa shape index (κ2) is 5.53. The lowest BCUT2D eigenvalue weighted by Gasteiger charge is -2.18. The molecule has 0 radical (unpaired) electrons. The van der Waals surface area contributed by atoms with Crippen molar-refractivity contribution in [1.29, 1.82) is 0 Å². The SMILES string of the molecule is CCCC/C1=C2\CCCC2CC/C=C\C1. The zero-order valence-corrected chi connectivity index (χ0v) is 10.1. The molecule has 0 heterocycles. The molecule has 0 aliphatic heterocycles. The van der Waals surface area contributed by atoms with Gasteiger partial charge in [-0.05, 0) is 57.3 Å². The first kappa shape index (κ1) is 11.0. The van der Waals surface area contributed by atoms with Crippen LogP contribution in [-0.4, -0.2) is 0 Å². The fourth-order valence-corrected chi connectivity index (χ4v) is 3.13. The third kappa shape index (κ3) is 2.74. The van der Waals surface area contributed by atoms with Gasteiger partial charge in [0.05, 0.1) is 0 Å². The van der Waals surface area contributed by atoms with Crippen LogP contribution in [0.4, 0.5) is 0 Å². The molecule has 0 nitrogen and oxygen atoms in total. The van der Waals surface area contributed by atoms with E-state index in [1.54, 1.807) is 5.57 Å². The topological polar surface area (TPSA) is 0 Å². The van der Waals surface area contributed by atoms with E-state index in [1.807, 2.05) is 5.57 Å². The molecule has 0 spiro atoms. The van der Waals surface area contributed by atoms with Crippen molar-refractivity contribution in [2.75, 3.05) is 0 Å². The van der Waals surface area contributed by atoms with E-state index < -0.39 is 0 Å². The molecule has 0 saturated heterocycles. The summed E-state index contributed by atoms with van der Waals surface area (Å²) in [5.74, 6) is 0.960. The summed E-state index contributed by atoms with van der Waals surface area (Å²) in [6, 6.07) is 0. The Bertz CT molecular complexity index is 257. The van der Waals surface area contributed by atoms with Gasteiger partial charge >= 0.3 is 0 Å². The van der Waals surface area contributed by atoms with Crippen molar-refractivity contribution in [3.8, 4) is 0 Å². The van der Waals surface area contributed by atoms with Gasteiger partial charge < -0.3 is 0 Å². The lowest BCUT2D eigenvalue weighted by molar-refractivity contribution is 0.566. The number of unbranched alkanes of at least 4 members (excludes halogenated alkanes) is 1. The molecule has 0 aromatic carbocycles. The van der Waals surface area contributed by atoms with E-state index >= 15 is 0 Å². The third-order valence-corrected chi connectivity index (χ3v) is 3.99. The Morgan fingerprint density at radius 2 is 2.20 bits per heavy atom. The normalized spacial score (nSPS) is 33.3. The smallest absolute Gasteiger partial charge is 0.0136 e. The molecule has 2 aliphatic carbocycles. The van der Waals surface area contributed by atoms with Crippen molar-refractivity contribution >= 4 is 0 Å². The molecule has 0 N–H and O–H groups in total. The van der Waals surface area contributed by atoms with Gasteiger partial charge in [0.25, 0.3) is 0 Å². The summed E-state index contributed by atoms with van der Waals surface area (Å²) in [6.07, 6.45) is 17.2. The van der Waals surface area contributed by atoms with Crippen LogP contribution in [0.5, 0.6) is 0 Å². The van der Waals surface area contributed by atoms with Crippen LogP contribution in [-0.2, 0) is 0 Å². The second-order valence-electron chi connectivity index (χ2n) is 5.07. The Morgan fingerprint density at radius 3 is 3.07 bits per heavy atom. The van der Waals surface area contributed by atoms with Crippen LogP contribution >= 0.6 is 0 Å². The molecule has 1 atom stereocenters. The molecule has 0 bridgehead atoms. The molecule has 0 aromatic heterocycles. The Balaban J connectivity index is 2.11. The summed E-state index contributed by atoms with van der Waals surface area (Å²) in [6.45, 7) is 2.30. The van der Waals surface area contributed by atoms with Crippen LogP contribution in [0, 0.1) is 5.92 Å². The average molecular weight is 204 g/mol. The standard InChI is InChI=1S/C15H24/c1-2-3-8-13-9-5-4-6-10-14-11-7-12-15(13)14/h4-5,14H,2-3,6-12H2,1H3/b5-4-,15-13-. The van der Waals surface area contributed by atoms with E-state index in [9.17, 15) is 0 Å². The summed E-state index contributed by atoms with van der Waals surface area (Å²) in [5.41, 5.74) is 3.67. The summed E-state index contributed by atoms with van der Waals surface area (Å²) >= 11 is 0. The van der Waals surface area contributed by atoms with E-state index in [0.717, 1.165) is 5.92 Å². The number of hydrogen-bond donors (Lipinski definition) is 0. The van der Waals surface area contributed by atoms with Gasteiger partial charge in [-0.2, -0.15) is 0 Å². The van der Waals surface area contributed by atoms with Gasteiger partial charge in [0, 0.05) is 0 Å². The molecular weight excluding hydrogens is 180 g/mol. The minimum absolute atomic E-state index is 0.960. The lowest BCUT2D eigenvalue weighted by atomic mass is 9.87. The van der Waals surface area contributed by atoms with Crippen molar-refractivity contribution < 1.29 is 0 Å². The Labute approximate surface area is 94.5 Å². The van der Waals surface area contributed by atoms with Crippen molar-refractivity contribution in [1.82, 2.24) is 0 Å². The Hall–Kier alpha value is -0.520. The Morgan fingerprint density at radius 1 is 1.27 bits per heavy atom. The second-order valence-corrected chi connectivity index (χ2v) is 5.07. The van der Waals surface area contributed by atoms with Gasteiger partial charge in [0.2, 0.25) is 0 Å². The summed E-state index contributed by atoms with van der Waals surface area (Å²) in [7, 11) is 0. The van der Waals surface area contributed by atoms with Crippen LogP contribution in [0.2, 0.25) is 0 Å². The molecule has 15 heavy (non-hydrogen) atoms. The Kier molecular flexibility index (Phi) is 4.05. The molecule has 1 fully saturated rings. The largest absolute Gasteiger partial charge is 0.0882 e. The van der Waals surface area contributed by atoms with Crippen molar-refractivity contribution in [2.45, 2.75) is 64.7 Å². The molecule has 1 saturated carbocycles. The zero-order valence-electron chi connectivity index (χ0n) is 10.1. The predicted octanol–water partition coefficient (Wildman–Crippen LogP) is 5.01. The number of fused-ring (bicyclic) bond motifs is 1. The van der Waals surface area contributed by atoms with Gasteiger partial charge in [-0.15, -0.1) is 0 Å². The summed E-state index contributed by atoms with van der Waals surface area (Å²) in [4.78, 5) is 0. The molecule has 0 amide bonds. The number of rotatable bonds is 3. The highest BCUT2D eigenvalue weighted by atomic mass is 14.3. The van der Waals surface area contributed by atoms with E-state index in [0.29, 0.717) is 0 Å². The quantitative estimate of drug-likeness (QED) is 0.567. The molecule has 0 heteroatoms. The van der Waals surface area contributed by atoms with Crippen LogP contribution in [0.15, 0.2) is 23.3 Å². The van der Waals surface area contributed by atoms with Crippen LogP contribution < -0.4 is 0 Å². The van der Waals surface area contributed by atoms with E-state index in [4.69, 9.17) is 0 Å². The predicted molar refractivity (Wildman–Crippen MR) is 66.9 cm³/mol. The molecule has 1 unspecified atom stereocenters. The molecule has 84 valence electrons. The van der Waals surface area contributed by atoms with Crippen molar-refractivity contribution in [3.63, 3.8) is 0 Å². The number of hydrogen-bond acceptors (Lipinski definition) is 0. The third-order valence-electron chi connectivity index (χ3n) is 3.99. The van der Waals surface area contributed by atoms with Crippen molar-refractivity contribution in [3.05, 3.63) is 23.3 Å². The maximum absolute atomic E-state index is 2.41. The van der Waals surface area contributed by atoms with Gasteiger partial charge in [0.15, 0.2) is 0 Å². The highest BCUT2D eigenvalue weighted by Crippen LogP contribution is 2.39. The molecule has 0 aromatic rings. The first-order valence-corrected chi connectivity index (χ1v) is 6.77. The van der Waals surface area contributed by atoms with E-state index in [2.05, 4.69) is 19.1 Å². The zero-order chi connectivity index (χ0) is 10.5. The lowest BCUT2D eigenvalue weighted by Crippen LogP contribution is -2.02. The minimum atomic E-state index is 0.960. The molecular formula is C15H24. The van der Waals surface area contributed by atoms with Gasteiger partial charge in [-0.3, -0.25) is 0 Å². The first-order chi connectivity index (χ1) is 7.42. The fourth-order valence-electron chi connectivity index (χ4n) is 3.13. The maximum Gasteiger partial charge on any atom is -0.0136 e. The number of allylic oxidation sites excluding steroid dienone is 4. The van der Waals surface area contributed by atoms with Gasteiger partial charge in [0.1, 0.15) is 0 Å². The highest BCUT2D eigenvalue weighted by molar-refractivity contribution is 5.23. The summed E-state index contributed by atoms with van der Waals surface area (Å²) < 4.78 is 0. The minimum Gasteiger partial charge on any atom is -0.0882 e. The van der Waals surface area contributed by atoms with Gasteiger partial charge in [-0.1, -0.05) is 36.6 Å². The van der Waals surface area contributed by atoms with Crippen LogP contribution in [0.1, 0.15) is 64.7 Å². The highest BCUT2D eigenvalue weighted by Gasteiger charge is 2.23. The molecule has 2 aliphatic rings. The maximum atomic E-state index is 2.41. The summed E-state index contributed by atoms with van der Waals surface area (Å²) in [5, 5.41) is 0. The van der Waals surface area contributed by atoms with Crippen LogP contribution in [0.3, 0.4) is 0 Å². The van der Waals surface area contributed by atoms with E-state index in [-0.39, 0.29) is 0 Å². The van der Waals surface area contributed by atoms with Crippen molar-refractivity contribution in [2.24, 2.45) is 5.92 Å². The van der Waals surface area contributed by atoms with E-state index in [1.165, 1.54) is 57.8 Å². The fraction of sp³-hybridized carbons (Fsp3) is 0.733. The van der Waals surface area contributed by atoms with Crippen LogP contribution in [0.25, 0.3) is 0 Å².